The zero-order valence-corrected chi connectivity index (χ0v) is 14.0. The summed E-state index contributed by atoms with van der Waals surface area (Å²) >= 11 is 1.43. The number of fused-ring (bicyclic) bond motifs is 1. The monoisotopic (exact) mass is 351 g/mol. The fraction of sp³-hybridized carbons (Fsp3) is 0.438. The summed E-state index contributed by atoms with van der Waals surface area (Å²) in [6.45, 7) is 0.394. The number of thioether (sulfide) groups is 1. The molecule has 0 bridgehead atoms. The standard InChI is InChI=1S/C16H18FN3O3S/c1-24-9-14(21)18-11-5-6-19-13(8-11)15(22)20(16(19)23)12-4-2-3-10(17)7-12/h2-4,7,11,13H,5-6,8-9H2,1H3,(H,18,21). The molecule has 0 spiro atoms. The SMILES string of the molecule is CSCC(=O)NC1CCN2C(=O)N(c3cccc(F)c3)C(=O)C2C1. The van der Waals surface area contributed by atoms with E-state index in [4.69, 9.17) is 0 Å². The number of amides is 4. The van der Waals surface area contributed by atoms with E-state index in [9.17, 15) is 18.8 Å². The van der Waals surface area contributed by atoms with E-state index in [1.165, 1.54) is 40.9 Å². The van der Waals surface area contributed by atoms with Crippen LogP contribution in [-0.2, 0) is 9.59 Å². The molecule has 8 heteroatoms. The topological polar surface area (TPSA) is 69.7 Å². The predicted octanol–water partition coefficient (Wildman–Crippen LogP) is 1.60. The van der Waals surface area contributed by atoms with Gasteiger partial charge in [-0.2, -0.15) is 11.8 Å². The van der Waals surface area contributed by atoms with Gasteiger partial charge in [-0.3, -0.25) is 9.59 Å². The predicted molar refractivity (Wildman–Crippen MR) is 89.3 cm³/mol. The third-order valence-corrected chi connectivity index (χ3v) is 4.80. The Balaban J connectivity index is 1.75. The molecular weight excluding hydrogens is 333 g/mol. The Morgan fingerprint density at radius 1 is 1.42 bits per heavy atom. The number of piperidine rings is 1. The summed E-state index contributed by atoms with van der Waals surface area (Å²) in [7, 11) is 0. The van der Waals surface area contributed by atoms with Crippen molar-refractivity contribution >= 4 is 35.3 Å². The first-order valence-corrected chi connectivity index (χ1v) is 9.09. The quantitative estimate of drug-likeness (QED) is 0.837. The van der Waals surface area contributed by atoms with Gasteiger partial charge in [-0.1, -0.05) is 6.07 Å². The van der Waals surface area contributed by atoms with Crippen LogP contribution in [0.4, 0.5) is 14.9 Å². The molecule has 2 aliphatic heterocycles. The maximum absolute atomic E-state index is 13.4. The van der Waals surface area contributed by atoms with Crippen LogP contribution in [0, 0.1) is 5.82 Å². The van der Waals surface area contributed by atoms with Crippen LogP contribution in [0.25, 0.3) is 0 Å². The average molecular weight is 351 g/mol. The Labute approximate surface area is 143 Å². The Hall–Kier alpha value is -2.09. The van der Waals surface area contributed by atoms with Crippen molar-refractivity contribution in [1.82, 2.24) is 10.2 Å². The molecule has 0 aliphatic carbocycles. The lowest BCUT2D eigenvalue weighted by Gasteiger charge is -2.32. The van der Waals surface area contributed by atoms with Crippen molar-refractivity contribution in [1.29, 1.82) is 0 Å². The number of rotatable bonds is 4. The van der Waals surface area contributed by atoms with Crippen LogP contribution in [0.3, 0.4) is 0 Å². The normalized spacial score (nSPS) is 23.4. The van der Waals surface area contributed by atoms with Crippen LogP contribution in [0.2, 0.25) is 0 Å². The Morgan fingerprint density at radius 2 is 2.21 bits per heavy atom. The number of carbonyl (C=O) groups excluding carboxylic acids is 3. The van der Waals surface area contributed by atoms with Gasteiger partial charge in [0.05, 0.1) is 11.4 Å². The molecule has 2 aliphatic rings. The highest BCUT2D eigenvalue weighted by atomic mass is 32.2. The molecule has 2 saturated heterocycles. The molecular formula is C16H18FN3O3S. The highest BCUT2D eigenvalue weighted by Crippen LogP contribution is 2.31. The van der Waals surface area contributed by atoms with E-state index in [1.807, 2.05) is 6.26 Å². The van der Waals surface area contributed by atoms with Crippen LogP contribution in [-0.4, -0.2) is 53.4 Å². The minimum atomic E-state index is -0.603. The molecule has 6 nitrogen and oxygen atoms in total. The number of urea groups is 1. The van der Waals surface area contributed by atoms with Crippen LogP contribution in [0.1, 0.15) is 12.8 Å². The second kappa shape index (κ2) is 6.80. The van der Waals surface area contributed by atoms with E-state index in [0.717, 1.165) is 4.90 Å². The molecule has 2 atom stereocenters. The second-order valence-electron chi connectivity index (χ2n) is 5.87. The Kier molecular flexibility index (Phi) is 4.75. The van der Waals surface area contributed by atoms with E-state index in [2.05, 4.69) is 5.32 Å². The van der Waals surface area contributed by atoms with Gasteiger partial charge in [0.2, 0.25) is 5.91 Å². The number of nitrogens with one attached hydrogen (secondary N) is 1. The largest absolute Gasteiger partial charge is 0.352 e. The van der Waals surface area contributed by atoms with Gasteiger partial charge in [-0.25, -0.2) is 14.1 Å². The van der Waals surface area contributed by atoms with E-state index >= 15 is 0 Å². The van der Waals surface area contributed by atoms with E-state index in [-0.39, 0.29) is 23.5 Å². The van der Waals surface area contributed by atoms with Crippen LogP contribution >= 0.6 is 11.8 Å². The summed E-state index contributed by atoms with van der Waals surface area (Å²) < 4.78 is 13.4. The lowest BCUT2D eigenvalue weighted by molar-refractivity contribution is -0.123. The number of hydrogen-bond acceptors (Lipinski definition) is 4. The molecule has 3 rings (SSSR count). The van der Waals surface area contributed by atoms with Gasteiger partial charge in [0.15, 0.2) is 0 Å². The van der Waals surface area contributed by atoms with Crippen molar-refractivity contribution < 1.29 is 18.8 Å². The van der Waals surface area contributed by atoms with Crippen molar-refractivity contribution in [2.24, 2.45) is 0 Å². The third kappa shape index (κ3) is 3.10. The maximum atomic E-state index is 13.4. The molecule has 1 aromatic carbocycles. The van der Waals surface area contributed by atoms with Gasteiger partial charge in [0.25, 0.3) is 5.91 Å². The molecule has 2 heterocycles. The molecule has 128 valence electrons. The summed E-state index contributed by atoms with van der Waals surface area (Å²) in [6, 6.07) is 4.28. The average Bonchev–Trinajstić information content (AvgIpc) is 2.78. The molecule has 1 N–H and O–H groups in total. The first kappa shape index (κ1) is 16.8. The zero-order valence-electron chi connectivity index (χ0n) is 13.2. The number of nitrogens with zero attached hydrogens (tertiary/aromatic N) is 2. The van der Waals surface area contributed by atoms with Crippen molar-refractivity contribution in [2.75, 3.05) is 23.5 Å². The van der Waals surface area contributed by atoms with Crippen molar-refractivity contribution in [3.05, 3.63) is 30.1 Å². The molecule has 4 amide bonds. The van der Waals surface area contributed by atoms with Crippen molar-refractivity contribution in [3.63, 3.8) is 0 Å². The van der Waals surface area contributed by atoms with Gasteiger partial charge in [-0.15, -0.1) is 0 Å². The van der Waals surface area contributed by atoms with Gasteiger partial charge in [0.1, 0.15) is 11.9 Å². The van der Waals surface area contributed by atoms with E-state index in [1.54, 1.807) is 0 Å². The molecule has 2 unspecified atom stereocenters. The molecule has 24 heavy (non-hydrogen) atoms. The molecule has 1 aromatic rings. The lowest BCUT2D eigenvalue weighted by atomic mass is 9.98. The first-order valence-electron chi connectivity index (χ1n) is 7.69. The summed E-state index contributed by atoms with van der Waals surface area (Å²) in [6.07, 6.45) is 2.83. The van der Waals surface area contributed by atoms with Crippen LogP contribution < -0.4 is 10.2 Å². The van der Waals surface area contributed by atoms with Crippen molar-refractivity contribution in [3.8, 4) is 0 Å². The van der Waals surface area contributed by atoms with E-state index < -0.39 is 17.9 Å². The number of carbonyl (C=O) groups is 3. The number of hydrogen-bond donors (Lipinski definition) is 1. The molecule has 0 saturated carbocycles. The van der Waals surface area contributed by atoms with Gasteiger partial charge in [-0.05, 0) is 37.3 Å². The first-order chi connectivity index (χ1) is 11.5. The smallest absolute Gasteiger partial charge is 0.332 e. The van der Waals surface area contributed by atoms with E-state index in [0.29, 0.717) is 25.1 Å². The summed E-state index contributed by atoms with van der Waals surface area (Å²) in [5, 5.41) is 2.90. The number of anilines is 1. The molecule has 0 radical (unpaired) electrons. The van der Waals surface area contributed by atoms with Gasteiger partial charge in [0, 0.05) is 12.6 Å². The van der Waals surface area contributed by atoms with Crippen LogP contribution in [0.5, 0.6) is 0 Å². The zero-order chi connectivity index (χ0) is 17.3. The summed E-state index contributed by atoms with van der Waals surface area (Å²) in [4.78, 5) is 39.4. The van der Waals surface area contributed by atoms with Crippen molar-refractivity contribution in [2.45, 2.75) is 24.9 Å². The molecule has 2 fully saturated rings. The lowest BCUT2D eigenvalue weighted by Crippen LogP contribution is -2.50. The van der Waals surface area contributed by atoms with Gasteiger partial charge >= 0.3 is 6.03 Å². The molecule has 0 aromatic heterocycles. The minimum Gasteiger partial charge on any atom is -0.352 e. The van der Waals surface area contributed by atoms with Crippen LogP contribution in [0.15, 0.2) is 24.3 Å². The fourth-order valence-electron chi connectivity index (χ4n) is 3.18. The fourth-order valence-corrected chi connectivity index (χ4v) is 3.53. The summed E-state index contributed by atoms with van der Waals surface area (Å²) in [5.74, 6) is -0.568. The highest BCUT2D eigenvalue weighted by Gasteiger charge is 2.48. The van der Waals surface area contributed by atoms with Gasteiger partial charge < -0.3 is 10.2 Å². The minimum absolute atomic E-state index is 0.0697. The highest BCUT2D eigenvalue weighted by molar-refractivity contribution is 7.99. The Morgan fingerprint density at radius 3 is 2.92 bits per heavy atom. The summed E-state index contributed by atoms with van der Waals surface area (Å²) in [5.41, 5.74) is 0.238. The number of imide groups is 1. The third-order valence-electron chi connectivity index (χ3n) is 4.25. The number of halogens is 1. The number of benzene rings is 1. The Bertz CT molecular complexity index is 684. The second-order valence-corrected chi connectivity index (χ2v) is 6.73. The maximum Gasteiger partial charge on any atom is 0.332 e.